The molecule has 6 heteroatoms. The van der Waals surface area contributed by atoms with Gasteiger partial charge in [-0.2, -0.15) is 0 Å². The highest BCUT2D eigenvalue weighted by atomic mass is 79.9. The number of hydrogen-bond donors (Lipinski definition) is 1. The number of nitrogens with one attached hydrogen (secondary N) is 1. The number of pyridine rings is 1. The molecule has 0 spiro atoms. The van der Waals surface area contributed by atoms with Crippen LogP contribution in [0.5, 0.6) is 0 Å². The second-order valence-corrected chi connectivity index (χ2v) is 9.14. The summed E-state index contributed by atoms with van der Waals surface area (Å²) in [4.78, 5) is 21.0. The Hall–Kier alpha value is -1.92. The summed E-state index contributed by atoms with van der Waals surface area (Å²) in [6.07, 6.45) is 3.81. The van der Waals surface area contributed by atoms with Crippen LogP contribution in [0.2, 0.25) is 0 Å². The van der Waals surface area contributed by atoms with Crippen molar-refractivity contribution < 1.29 is 4.79 Å². The summed E-state index contributed by atoms with van der Waals surface area (Å²) in [5.74, 6) is 1.14. The van der Waals surface area contributed by atoms with Crippen LogP contribution in [0.1, 0.15) is 23.3 Å². The average molecular weight is 444 g/mol. The standard InChI is InChI=1S/C21H22BrN3OS/c1-14-11-17-19(27-14)8-9-23-20(17)25-10-4-6-16(13-25)21(26)24-12-15-5-2-3-7-18(15)22/h2-3,5,7-9,11,16H,4,6,10,12-13H2,1H3,(H,24,26)/t16-/m0/s1. The summed E-state index contributed by atoms with van der Waals surface area (Å²) < 4.78 is 2.29. The van der Waals surface area contributed by atoms with Gasteiger partial charge in [0, 0.05) is 45.3 Å². The molecule has 0 aliphatic carbocycles. The molecular formula is C21H22BrN3OS. The van der Waals surface area contributed by atoms with E-state index in [9.17, 15) is 4.79 Å². The largest absolute Gasteiger partial charge is 0.355 e. The molecule has 1 atom stereocenters. The zero-order valence-corrected chi connectivity index (χ0v) is 17.6. The second-order valence-electron chi connectivity index (χ2n) is 7.00. The topological polar surface area (TPSA) is 45.2 Å². The van der Waals surface area contributed by atoms with Crippen LogP contribution in [-0.2, 0) is 11.3 Å². The molecule has 2 aromatic heterocycles. The Morgan fingerprint density at radius 1 is 1.37 bits per heavy atom. The summed E-state index contributed by atoms with van der Waals surface area (Å²) in [5.41, 5.74) is 1.10. The summed E-state index contributed by atoms with van der Waals surface area (Å²) in [7, 11) is 0. The smallest absolute Gasteiger partial charge is 0.225 e. The van der Waals surface area contributed by atoms with Crippen LogP contribution >= 0.6 is 27.3 Å². The summed E-state index contributed by atoms with van der Waals surface area (Å²) in [6, 6.07) is 12.3. The van der Waals surface area contributed by atoms with Gasteiger partial charge in [-0.15, -0.1) is 11.3 Å². The molecule has 140 valence electrons. The van der Waals surface area contributed by atoms with Crippen LogP contribution in [0.15, 0.2) is 47.1 Å². The van der Waals surface area contributed by atoms with Gasteiger partial charge in [0.1, 0.15) is 5.82 Å². The molecule has 1 amide bonds. The van der Waals surface area contributed by atoms with Gasteiger partial charge >= 0.3 is 0 Å². The number of fused-ring (bicyclic) bond motifs is 1. The van der Waals surface area contributed by atoms with Crippen molar-refractivity contribution in [1.82, 2.24) is 10.3 Å². The van der Waals surface area contributed by atoms with E-state index in [1.54, 1.807) is 11.3 Å². The number of thiophene rings is 1. The third kappa shape index (κ3) is 4.01. The van der Waals surface area contributed by atoms with Gasteiger partial charge in [0.25, 0.3) is 0 Å². The van der Waals surface area contributed by atoms with Crippen molar-refractivity contribution >= 4 is 49.1 Å². The average Bonchev–Trinajstić information content (AvgIpc) is 3.07. The first-order valence-corrected chi connectivity index (χ1v) is 10.8. The fourth-order valence-corrected chi connectivity index (χ4v) is 5.02. The van der Waals surface area contributed by atoms with E-state index >= 15 is 0 Å². The molecule has 27 heavy (non-hydrogen) atoms. The fourth-order valence-electron chi connectivity index (χ4n) is 3.68. The molecular weight excluding hydrogens is 422 g/mol. The number of halogens is 1. The van der Waals surface area contributed by atoms with E-state index in [0.29, 0.717) is 6.54 Å². The van der Waals surface area contributed by atoms with Gasteiger partial charge in [0.2, 0.25) is 5.91 Å². The fraction of sp³-hybridized carbons (Fsp3) is 0.333. The van der Waals surface area contributed by atoms with Crippen molar-refractivity contribution in [1.29, 1.82) is 0 Å². The van der Waals surface area contributed by atoms with E-state index < -0.39 is 0 Å². The van der Waals surface area contributed by atoms with Gasteiger partial charge in [0.05, 0.1) is 5.92 Å². The third-order valence-corrected chi connectivity index (χ3v) is 6.84. The minimum Gasteiger partial charge on any atom is -0.355 e. The van der Waals surface area contributed by atoms with E-state index in [-0.39, 0.29) is 11.8 Å². The van der Waals surface area contributed by atoms with E-state index in [1.807, 2.05) is 30.5 Å². The monoisotopic (exact) mass is 443 g/mol. The maximum absolute atomic E-state index is 12.8. The van der Waals surface area contributed by atoms with Gasteiger partial charge in [-0.05, 0) is 43.5 Å². The molecule has 1 aliphatic rings. The first kappa shape index (κ1) is 18.4. The molecule has 4 nitrogen and oxygen atoms in total. The first-order chi connectivity index (χ1) is 13.1. The van der Waals surface area contributed by atoms with Crippen LogP contribution in [0.3, 0.4) is 0 Å². The molecule has 3 aromatic rings. The number of rotatable bonds is 4. The van der Waals surface area contributed by atoms with Gasteiger partial charge in [-0.3, -0.25) is 4.79 Å². The predicted octanol–water partition coefficient (Wildman–Crippen LogP) is 4.90. The van der Waals surface area contributed by atoms with E-state index in [1.165, 1.54) is 15.0 Å². The second kappa shape index (κ2) is 7.98. The number of aryl methyl sites for hydroxylation is 1. The number of nitrogens with zero attached hydrogens (tertiary/aromatic N) is 2. The highest BCUT2D eigenvalue weighted by Crippen LogP contribution is 2.33. The normalized spacial score (nSPS) is 17.3. The molecule has 1 aliphatic heterocycles. The van der Waals surface area contributed by atoms with Crippen molar-refractivity contribution in [3.8, 4) is 0 Å². The molecule has 1 fully saturated rings. The van der Waals surface area contributed by atoms with E-state index in [2.05, 4.69) is 50.2 Å². The Kier molecular flexibility index (Phi) is 5.45. The number of aromatic nitrogens is 1. The zero-order chi connectivity index (χ0) is 18.8. The van der Waals surface area contributed by atoms with Crippen LogP contribution in [0.4, 0.5) is 5.82 Å². The van der Waals surface area contributed by atoms with Crippen molar-refractivity contribution in [3.05, 3.63) is 57.5 Å². The molecule has 1 aromatic carbocycles. The lowest BCUT2D eigenvalue weighted by molar-refractivity contribution is -0.125. The SMILES string of the molecule is Cc1cc2c(N3CCC[C@H](C(=O)NCc4ccccc4Br)C3)nccc2s1. The number of benzene rings is 1. The molecule has 0 saturated carbocycles. The van der Waals surface area contributed by atoms with E-state index in [0.717, 1.165) is 41.8 Å². The maximum atomic E-state index is 12.8. The molecule has 0 bridgehead atoms. The lowest BCUT2D eigenvalue weighted by Crippen LogP contribution is -2.43. The Balaban J connectivity index is 1.46. The molecule has 3 heterocycles. The van der Waals surface area contributed by atoms with Crippen LogP contribution in [0.25, 0.3) is 10.1 Å². The van der Waals surface area contributed by atoms with Crippen LogP contribution in [0, 0.1) is 12.8 Å². The van der Waals surface area contributed by atoms with Crippen LogP contribution in [-0.4, -0.2) is 24.0 Å². The zero-order valence-electron chi connectivity index (χ0n) is 15.2. The minimum atomic E-state index is -0.00183. The van der Waals surface area contributed by atoms with Crippen molar-refractivity contribution in [3.63, 3.8) is 0 Å². The Labute approximate surface area is 171 Å². The molecule has 0 radical (unpaired) electrons. The van der Waals surface area contributed by atoms with Crippen molar-refractivity contribution in [2.75, 3.05) is 18.0 Å². The van der Waals surface area contributed by atoms with E-state index in [4.69, 9.17) is 0 Å². The number of carbonyl (C=O) groups is 1. The summed E-state index contributed by atoms with van der Waals surface area (Å²) >= 11 is 5.33. The Morgan fingerprint density at radius 3 is 3.07 bits per heavy atom. The molecule has 4 rings (SSSR count). The molecule has 1 N–H and O–H groups in total. The number of hydrogen-bond acceptors (Lipinski definition) is 4. The maximum Gasteiger partial charge on any atom is 0.225 e. The highest BCUT2D eigenvalue weighted by molar-refractivity contribution is 9.10. The quantitative estimate of drug-likeness (QED) is 0.623. The lowest BCUT2D eigenvalue weighted by Gasteiger charge is -2.33. The van der Waals surface area contributed by atoms with Gasteiger partial charge < -0.3 is 10.2 Å². The van der Waals surface area contributed by atoms with Crippen molar-refractivity contribution in [2.24, 2.45) is 5.92 Å². The predicted molar refractivity (Wildman–Crippen MR) is 115 cm³/mol. The van der Waals surface area contributed by atoms with Crippen LogP contribution < -0.4 is 10.2 Å². The Bertz CT molecular complexity index is 971. The highest BCUT2D eigenvalue weighted by Gasteiger charge is 2.27. The summed E-state index contributed by atoms with van der Waals surface area (Å²) in [5, 5.41) is 4.31. The van der Waals surface area contributed by atoms with Gasteiger partial charge in [0.15, 0.2) is 0 Å². The molecule has 1 saturated heterocycles. The van der Waals surface area contributed by atoms with Crippen molar-refractivity contribution in [2.45, 2.75) is 26.3 Å². The van der Waals surface area contributed by atoms with Gasteiger partial charge in [-0.25, -0.2) is 4.98 Å². The minimum absolute atomic E-state index is 0.00183. The Morgan fingerprint density at radius 2 is 2.22 bits per heavy atom. The number of piperidine rings is 1. The number of anilines is 1. The summed E-state index contributed by atoms with van der Waals surface area (Å²) in [6.45, 7) is 4.36. The molecule has 0 unspecified atom stereocenters. The lowest BCUT2D eigenvalue weighted by atomic mass is 9.96. The van der Waals surface area contributed by atoms with Gasteiger partial charge in [-0.1, -0.05) is 34.1 Å². The third-order valence-electron chi connectivity index (χ3n) is 5.05. The number of amides is 1. The first-order valence-electron chi connectivity index (χ1n) is 9.23. The number of carbonyl (C=O) groups excluding carboxylic acids is 1.